The van der Waals surface area contributed by atoms with Crippen molar-refractivity contribution in [3.63, 3.8) is 0 Å². The molecule has 0 aliphatic heterocycles. The Kier molecular flexibility index (Phi) is 3.77. The molecule has 2 heteroatoms. The topological polar surface area (TPSA) is 0 Å². The van der Waals surface area contributed by atoms with Crippen molar-refractivity contribution in [2.45, 2.75) is 11.8 Å². The highest BCUT2D eigenvalue weighted by molar-refractivity contribution is 6.34. The molecular weight excluding hydrogens is 359 g/mol. The molecule has 0 amide bonds. The van der Waals surface area contributed by atoms with Crippen molar-refractivity contribution in [1.29, 1.82) is 0 Å². The summed E-state index contributed by atoms with van der Waals surface area (Å²) in [6.45, 7) is 0. The number of hydrogen-bond acceptors (Lipinski definition) is 0. The lowest BCUT2D eigenvalue weighted by atomic mass is 9.83. The first-order valence-corrected chi connectivity index (χ1v) is 9.50. The molecule has 0 saturated carbocycles. The van der Waals surface area contributed by atoms with Gasteiger partial charge >= 0.3 is 0 Å². The van der Waals surface area contributed by atoms with Crippen LogP contribution in [0.3, 0.4) is 0 Å². The Morgan fingerprint density at radius 3 is 1.23 bits per heavy atom. The zero-order valence-electron chi connectivity index (χ0n) is 14.0. The highest BCUT2D eigenvalue weighted by Gasteiger charge is 2.32. The normalized spacial score (nSPS) is 20.4. The molecular formula is C24H16Cl2. The van der Waals surface area contributed by atoms with Gasteiger partial charge in [0.2, 0.25) is 0 Å². The molecule has 0 bridgehead atoms. The van der Waals surface area contributed by atoms with Gasteiger partial charge < -0.3 is 0 Å². The minimum atomic E-state index is 0.0706. The van der Waals surface area contributed by atoms with Gasteiger partial charge in [0.25, 0.3) is 0 Å². The lowest BCUT2D eigenvalue weighted by Crippen LogP contribution is -2.08. The monoisotopic (exact) mass is 374 g/mol. The van der Waals surface area contributed by atoms with E-state index in [0.29, 0.717) is 0 Å². The second kappa shape index (κ2) is 6.16. The molecule has 5 rings (SSSR count). The van der Waals surface area contributed by atoms with Crippen LogP contribution in [0.15, 0.2) is 82.9 Å². The zero-order valence-corrected chi connectivity index (χ0v) is 15.5. The molecule has 0 fully saturated rings. The Morgan fingerprint density at radius 2 is 0.808 bits per heavy atom. The van der Waals surface area contributed by atoms with Crippen molar-refractivity contribution >= 4 is 35.4 Å². The number of allylic oxidation sites excluding steroid dienone is 2. The number of rotatable bonds is 2. The Labute approximate surface area is 163 Å². The summed E-state index contributed by atoms with van der Waals surface area (Å²) in [5.41, 5.74) is 7.38. The van der Waals surface area contributed by atoms with Crippen LogP contribution < -0.4 is 0 Å². The smallest absolute Gasteiger partial charge is 0.0456 e. The summed E-state index contributed by atoms with van der Waals surface area (Å²) in [4.78, 5) is 0. The first-order chi connectivity index (χ1) is 12.7. The van der Waals surface area contributed by atoms with E-state index in [0.717, 1.165) is 10.1 Å². The Balaban J connectivity index is 1.69. The van der Waals surface area contributed by atoms with Crippen molar-refractivity contribution in [3.05, 3.63) is 116 Å². The average molecular weight is 375 g/mol. The van der Waals surface area contributed by atoms with Crippen LogP contribution in [0.4, 0.5) is 0 Å². The van der Waals surface area contributed by atoms with E-state index in [2.05, 4.69) is 84.9 Å². The van der Waals surface area contributed by atoms with Gasteiger partial charge in [0.15, 0.2) is 0 Å². The summed E-state index contributed by atoms with van der Waals surface area (Å²) in [6, 6.07) is 25.4. The standard InChI is InChI=1S/C24H16Cl2/c25-21-13-15-7-1-3-9-17(15)23(21)19-11-5-6-12-20(19)24-18-10-4-2-8-16(18)14-22(24)26/h1-14,23-24H. The van der Waals surface area contributed by atoms with Crippen molar-refractivity contribution < 1.29 is 0 Å². The van der Waals surface area contributed by atoms with Gasteiger partial charge in [-0.1, -0.05) is 96.0 Å². The largest absolute Gasteiger partial charge is 0.0881 e. The minimum Gasteiger partial charge on any atom is -0.0881 e. The van der Waals surface area contributed by atoms with E-state index < -0.39 is 0 Å². The van der Waals surface area contributed by atoms with Crippen LogP contribution in [0.2, 0.25) is 0 Å². The number of hydrogen-bond donors (Lipinski definition) is 0. The van der Waals surface area contributed by atoms with Gasteiger partial charge in [-0.2, -0.15) is 0 Å². The highest BCUT2D eigenvalue weighted by atomic mass is 35.5. The van der Waals surface area contributed by atoms with Gasteiger partial charge in [-0.25, -0.2) is 0 Å². The van der Waals surface area contributed by atoms with Crippen LogP contribution in [-0.2, 0) is 0 Å². The fraction of sp³-hybridized carbons (Fsp3) is 0.0833. The summed E-state index contributed by atoms with van der Waals surface area (Å²) in [5.74, 6) is 0.141. The molecule has 26 heavy (non-hydrogen) atoms. The summed E-state index contributed by atoms with van der Waals surface area (Å²) >= 11 is 13.4. The van der Waals surface area contributed by atoms with Crippen LogP contribution in [0.25, 0.3) is 12.2 Å². The predicted octanol–water partition coefficient (Wildman–Crippen LogP) is 7.14. The number of benzene rings is 3. The summed E-state index contributed by atoms with van der Waals surface area (Å²) in [6.07, 6.45) is 4.16. The fourth-order valence-corrected chi connectivity index (χ4v) is 4.95. The maximum atomic E-state index is 6.71. The molecule has 2 aliphatic carbocycles. The zero-order chi connectivity index (χ0) is 17.7. The lowest BCUT2D eigenvalue weighted by Gasteiger charge is -2.23. The lowest BCUT2D eigenvalue weighted by molar-refractivity contribution is 0.939. The average Bonchev–Trinajstić information content (AvgIpc) is 3.17. The molecule has 0 aromatic heterocycles. The highest BCUT2D eigenvalue weighted by Crippen LogP contribution is 2.49. The van der Waals surface area contributed by atoms with Gasteiger partial charge in [-0.05, 0) is 45.5 Å². The van der Waals surface area contributed by atoms with Crippen LogP contribution in [0, 0.1) is 0 Å². The minimum absolute atomic E-state index is 0.0706. The third-order valence-corrected chi connectivity index (χ3v) is 6.03. The maximum absolute atomic E-state index is 6.71. The molecule has 0 N–H and O–H groups in total. The fourth-order valence-electron chi connectivity index (χ4n) is 4.24. The van der Waals surface area contributed by atoms with Crippen LogP contribution >= 0.6 is 23.2 Å². The van der Waals surface area contributed by atoms with Crippen LogP contribution in [0.1, 0.15) is 45.2 Å². The summed E-state index contributed by atoms with van der Waals surface area (Å²) < 4.78 is 0. The second-order valence-electron chi connectivity index (χ2n) is 6.81. The molecule has 3 aromatic rings. The van der Waals surface area contributed by atoms with Gasteiger partial charge in [0.1, 0.15) is 0 Å². The second-order valence-corrected chi connectivity index (χ2v) is 7.68. The van der Waals surface area contributed by atoms with Crippen molar-refractivity contribution in [1.82, 2.24) is 0 Å². The van der Waals surface area contributed by atoms with Gasteiger partial charge in [0.05, 0.1) is 0 Å². The molecule has 2 aliphatic rings. The first-order valence-electron chi connectivity index (χ1n) is 8.75. The van der Waals surface area contributed by atoms with E-state index in [4.69, 9.17) is 23.2 Å². The van der Waals surface area contributed by atoms with E-state index in [1.165, 1.54) is 33.4 Å². The maximum Gasteiger partial charge on any atom is 0.0456 e. The van der Waals surface area contributed by atoms with Crippen molar-refractivity contribution in [2.24, 2.45) is 0 Å². The van der Waals surface area contributed by atoms with E-state index >= 15 is 0 Å². The Hall–Kier alpha value is -2.28. The van der Waals surface area contributed by atoms with Gasteiger partial charge in [-0.3, -0.25) is 0 Å². The molecule has 0 radical (unpaired) electrons. The Morgan fingerprint density at radius 1 is 0.462 bits per heavy atom. The number of halogens is 2. The summed E-state index contributed by atoms with van der Waals surface area (Å²) in [7, 11) is 0. The SMILES string of the molecule is ClC1=Cc2ccccc2C1c1ccccc1C1C(Cl)=Cc2ccccc21. The van der Waals surface area contributed by atoms with E-state index in [1.807, 2.05) is 0 Å². The molecule has 3 aromatic carbocycles. The molecule has 0 spiro atoms. The molecule has 0 heterocycles. The van der Waals surface area contributed by atoms with Crippen LogP contribution in [0.5, 0.6) is 0 Å². The quantitative estimate of drug-likeness (QED) is 0.447. The number of fused-ring (bicyclic) bond motifs is 2. The van der Waals surface area contributed by atoms with Gasteiger partial charge in [-0.15, -0.1) is 0 Å². The predicted molar refractivity (Wildman–Crippen MR) is 111 cm³/mol. The first kappa shape index (κ1) is 15.9. The molecule has 126 valence electrons. The van der Waals surface area contributed by atoms with Crippen molar-refractivity contribution in [3.8, 4) is 0 Å². The third kappa shape index (κ3) is 2.37. The van der Waals surface area contributed by atoms with E-state index in [-0.39, 0.29) is 11.8 Å². The molecule has 2 atom stereocenters. The molecule has 0 saturated heterocycles. The Bertz CT molecular complexity index is 988. The third-order valence-electron chi connectivity index (χ3n) is 5.37. The van der Waals surface area contributed by atoms with Crippen molar-refractivity contribution in [2.75, 3.05) is 0 Å². The van der Waals surface area contributed by atoms with E-state index in [1.54, 1.807) is 0 Å². The van der Waals surface area contributed by atoms with Crippen LogP contribution in [-0.4, -0.2) is 0 Å². The molecule has 0 nitrogen and oxygen atoms in total. The van der Waals surface area contributed by atoms with Gasteiger partial charge in [0, 0.05) is 21.9 Å². The van der Waals surface area contributed by atoms with E-state index in [9.17, 15) is 0 Å². The summed E-state index contributed by atoms with van der Waals surface area (Å²) in [5, 5.41) is 1.73. The molecule has 2 unspecified atom stereocenters.